The summed E-state index contributed by atoms with van der Waals surface area (Å²) in [5.41, 5.74) is 6.51. The number of thioether (sulfide) groups is 1. The summed E-state index contributed by atoms with van der Waals surface area (Å²) < 4.78 is 0.895. The highest BCUT2D eigenvalue weighted by Gasteiger charge is 2.21. The van der Waals surface area contributed by atoms with Gasteiger partial charge in [-0.25, -0.2) is 0 Å². The van der Waals surface area contributed by atoms with E-state index in [-0.39, 0.29) is 23.8 Å². The van der Waals surface area contributed by atoms with E-state index >= 15 is 0 Å². The van der Waals surface area contributed by atoms with Crippen molar-refractivity contribution in [2.75, 3.05) is 18.6 Å². The molecule has 4 N–H and O–H groups in total. The SMILES string of the molecule is CSC(CO)C(C)NC(=O)c1sc2cnccc2c1N. The van der Waals surface area contributed by atoms with Crippen LogP contribution in [0.3, 0.4) is 0 Å². The summed E-state index contributed by atoms with van der Waals surface area (Å²) in [6, 6.07) is 1.67. The van der Waals surface area contributed by atoms with Crippen LogP contribution in [-0.4, -0.2) is 40.2 Å². The number of aromatic nitrogens is 1. The number of hydrogen-bond acceptors (Lipinski definition) is 6. The van der Waals surface area contributed by atoms with Crippen molar-refractivity contribution in [1.29, 1.82) is 0 Å². The van der Waals surface area contributed by atoms with E-state index in [9.17, 15) is 9.90 Å². The molecule has 0 spiro atoms. The van der Waals surface area contributed by atoms with Crippen LogP contribution < -0.4 is 11.1 Å². The van der Waals surface area contributed by atoms with Crippen molar-refractivity contribution in [3.05, 3.63) is 23.3 Å². The first-order valence-electron chi connectivity index (χ1n) is 6.15. The molecule has 2 aromatic heterocycles. The molecule has 2 unspecified atom stereocenters. The van der Waals surface area contributed by atoms with Crippen molar-refractivity contribution < 1.29 is 9.90 Å². The summed E-state index contributed by atoms with van der Waals surface area (Å²) in [6.45, 7) is 1.90. The van der Waals surface area contributed by atoms with Crippen LogP contribution in [0.25, 0.3) is 10.1 Å². The number of hydrogen-bond donors (Lipinski definition) is 3. The average molecular weight is 311 g/mol. The number of nitrogens with two attached hydrogens (primary N) is 1. The number of thiophene rings is 1. The molecule has 0 fully saturated rings. The van der Waals surface area contributed by atoms with Crippen LogP contribution >= 0.6 is 23.1 Å². The van der Waals surface area contributed by atoms with Gasteiger partial charge in [0.2, 0.25) is 0 Å². The Morgan fingerprint density at radius 2 is 2.40 bits per heavy atom. The molecule has 0 saturated heterocycles. The zero-order valence-corrected chi connectivity index (χ0v) is 12.9. The van der Waals surface area contributed by atoms with Crippen molar-refractivity contribution in [3.63, 3.8) is 0 Å². The third-order valence-electron chi connectivity index (χ3n) is 3.14. The first-order valence-corrected chi connectivity index (χ1v) is 8.25. The van der Waals surface area contributed by atoms with Crippen LogP contribution in [0, 0.1) is 0 Å². The number of fused-ring (bicyclic) bond motifs is 1. The molecule has 7 heteroatoms. The number of anilines is 1. The largest absolute Gasteiger partial charge is 0.397 e. The molecule has 0 aliphatic rings. The Bertz CT molecular complexity index is 611. The van der Waals surface area contributed by atoms with Gasteiger partial charge in [0.1, 0.15) is 4.88 Å². The van der Waals surface area contributed by atoms with Gasteiger partial charge in [0.25, 0.3) is 5.91 Å². The van der Waals surface area contributed by atoms with Gasteiger partial charge < -0.3 is 16.2 Å². The van der Waals surface area contributed by atoms with Crippen LogP contribution in [0.2, 0.25) is 0 Å². The lowest BCUT2D eigenvalue weighted by atomic mass is 10.2. The van der Waals surface area contributed by atoms with Crippen LogP contribution in [0.5, 0.6) is 0 Å². The number of nitrogen functional groups attached to an aromatic ring is 1. The smallest absolute Gasteiger partial charge is 0.263 e. The Morgan fingerprint density at radius 1 is 1.65 bits per heavy atom. The second kappa shape index (κ2) is 6.43. The number of nitrogens with zero attached hydrogens (tertiary/aromatic N) is 1. The highest BCUT2D eigenvalue weighted by molar-refractivity contribution is 7.99. The summed E-state index contributed by atoms with van der Waals surface area (Å²) in [7, 11) is 0. The van der Waals surface area contributed by atoms with E-state index < -0.39 is 0 Å². The average Bonchev–Trinajstić information content (AvgIpc) is 2.78. The van der Waals surface area contributed by atoms with Crippen molar-refractivity contribution in [2.45, 2.75) is 18.2 Å². The predicted molar refractivity (Wildman–Crippen MR) is 85.3 cm³/mol. The summed E-state index contributed by atoms with van der Waals surface area (Å²) >= 11 is 2.85. The first-order chi connectivity index (χ1) is 9.58. The van der Waals surface area contributed by atoms with Gasteiger partial charge in [-0.05, 0) is 19.2 Å². The van der Waals surface area contributed by atoms with E-state index in [0.717, 1.165) is 10.1 Å². The molecule has 2 rings (SSSR count). The molecule has 20 heavy (non-hydrogen) atoms. The number of carbonyl (C=O) groups excluding carboxylic acids is 1. The number of rotatable bonds is 5. The number of aliphatic hydroxyl groups is 1. The fourth-order valence-electron chi connectivity index (χ4n) is 1.94. The Kier molecular flexibility index (Phi) is 4.85. The topological polar surface area (TPSA) is 88.2 Å². The second-order valence-electron chi connectivity index (χ2n) is 4.44. The van der Waals surface area contributed by atoms with Gasteiger partial charge >= 0.3 is 0 Å². The lowest BCUT2D eigenvalue weighted by Crippen LogP contribution is -2.41. The molecule has 0 aromatic carbocycles. The van der Waals surface area contributed by atoms with E-state index in [2.05, 4.69) is 10.3 Å². The highest BCUT2D eigenvalue weighted by atomic mass is 32.2. The zero-order valence-electron chi connectivity index (χ0n) is 11.3. The molecule has 5 nitrogen and oxygen atoms in total. The molecule has 0 aliphatic heterocycles. The van der Waals surface area contributed by atoms with Gasteiger partial charge in [-0.3, -0.25) is 9.78 Å². The van der Waals surface area contributed by atoms with Crippen LogP contribution in [0.1, 0.15) is 16.6 Å². The third-order valence-corrected chi connectivity index (χ3v) is 5.45. The highest BCUT2D eigenvalue weighted by Crippen LogP contribution is 2.32. The number of amides is 1. The quantitative estimate of drug-likeness (QED) is 0.782. The minimum Gasteiger partial charge on any atom is -0.397 e. The number of nitrogens with one attached hydrogen (secondary N) is 1. The Hall–Kier alpha value is -1.31. The van der Waals surface area contributed by atoms with Gasteiger partial charge in [0.05, 0.1) is 17.0 Å². The number of carbonyl (C=O) groups is 1. The van der Waals surface area contributed by atoms with E-state index in [1.807, 2.05) is 13.2 Å². The van der Waals surface area contributed by atoms with Crippen LogP contribution in [0.4, 0.5) is 5.69 Å². The first kappa shape index (κ1) is 15.1. The molecule has 0 aliphatic carbocycles. The number of pyridine rings is 1. The van der Waals surface area contributed by atoms with E-state index in [4.69, 9.17) is 5.73 Å². The molecule has 0 radical (unpaired) electrons. The molecule has 2 aromatic rings. The molecule has 2 heterocycles. The standard InChI is InChI=1S/C13H17N3O2S2/c1-7(10(6-17)19-2)16-13(18)12-11(14)8-3-4-15-5-9(8)20-12/h3-5,7,10,17H,6,14H2,1-2H3,(H,16,18). The maximum absolute atomic E-state index is 12.3. The Balaban J connectivity index is 2.21. The van der Waals surface area contributed by atoms with Crippen LogP contribution in [-0.2, 0) is 0 Å². The molecule has 2 atom stereocenters. The van der Waals surface area contributed by atoms with Crippen molar-refractivity contribution in [3.8, 4) is 0 Å². The lowest BCUT2D eigenvalue weighted by molar-refractivity contribution is 0.0941. The minimum atomic E-state index is -0.205. The summed E-state index contributed by atoms with van der Waals surface area (Å²) in [5.74, 6) is -0.205. The molecule has 0 bridgehead atoms. The van der Waals surface area contributed by atoms with Gasteiger partial charge in [-0.15, -0.1) is 11.3 Å². The second-order valence-corrected chi connectivity index (χ2v) is 6.56. The fraction of sp³-hybridized carbons (Fsp3) is 0.385. The summed E-state index contributed by atoms with van der Waals surface area (Å²) in [6.07, 6.45) is 5.27. The van der Waals surface area contributed by atoms with Crippen molar-refractivity contribution >= 4 is 44.8 Å². The summed E-state index contributed by atoms with van der Waals surface area (Å²) in [5, 5.41) is 13.0. The third kappa shape index (κ3) is 2.89. The zero-order chi connectivity index (χ0) is 14.7. The van der Waals surface area contributed by atoms with Gasteiger partial charge in [-0.2, -0.15) is 11.8 Å². The van der Waals surface area contributed by atoms with E-state index in [1.165, 1.54) is 23.1 Å². The Labute approximate surface area is 125 Å². The maximum Gasteiger partial charge on any atom is 0.263 e. The Morgan fingerprint density at radius 3 is 3.00 bits per heavy atom. The monoisotopic (exact) mass is 311 g/mol. The van der Waals surface area contributed by atoms with Gasteiger partial charge in [-0.1, -0.05) is 0 Å². The van der Waals surface area contributed by atoms with E-state index in [0.29, 0.717) is 10.6 Å². The number of aliphatic hydroxyl groups excluding tert-OH is 1. The summed E-state index contributed by atoms with van der Waals surface area (Å²) in [4.78, 5) is 16.8. The van der Waals surface area contributed by atoms with Crippen LogP contribution in [0.15, 0.2) is 18.5 Å². The fourth-order valence-corrected chi connectivity index (χ4v) is 3.56. The van der Waals surface area contributed by atoms with Gasteiger partial charge in [0, 0.05) is 29.1 Å². The van der Waals surface area contributed by atoms with E-state index in [1.54, 1.807) is 18.5 Å². The molecule has 1 amide bonds. The van der Waals surface area contributed by atoms with Gasteiger partial charge in [0.15, 0.2) is 0 Å². The molecular weight excluding hydrogens is 294 g/mol. The molecule has 108 valence electrons. The molecule has 0 saturated carbocycles. The normalized spacial score (nSPS) is 14.2. The lowest BCUT2D eigenvalue weighted by Gasteiger charge is -2.21. The molecular formula is C13H17N3O2S2. The van der Waals surface area contributed by atoms with Crippen molar-refractivity contribution in [2.24, 2.45) is 0 Å². The predicted octanol–water partition coefficient (Wildman–Crippen LogP) is 1.72. The van der Waals surface area contributed by atoms with Crippen molar-refractivity contribution in [1.82, 2.24) is 10.3 Å². The maximum atomic E-state index is 12.3. The minimum absolute atomic E-state index is 0.0223.